The zero-order valence-corrected chi connectivity index (χ0v) is 7.35. The predicted octanol–water partition coefficient (Wildman–Crippen LogP) is 0.639. The highest BCUT2D eigenvalue weighted by molar-refractivity contribution is 5.76. The SMILES string of the molecule is NCCC(=O)NC1CCC(F)(F)C1. The van der Waals surface area contributed by atoms with E-state index in [1.54, 1.807) is 0 Å². The van der Waals surface area contributed by atoms with Crippen LogP contribution >= 0.6 is 0 Å². The second kappa shape index (κ2) is 4.00. The van der Waals surface area contributed by atoms with Crippen molar-refractivity contribution in [1.82, 2.24) is 5.32 Å². The summed E-state index contributed by atoms with van der Waals surface area (Å²) in [4.78, 5) is 11.0. The highest BCUT2D eigenvalue weighted by Gasteiger charge is 2.39. The summed E-state index contributed by atoms with van der Waals surface area (Å²) in [7, 11) is 0. The van der Waals surface area contributed by atoms with E-state index in [9.17, 15) is 13.6 Å². The Morgan fingerprint density at radius 3 is 2.77 bits per heavy atom. The van der Waals surface area contributed by atoms with Crippen LogP contribution in [0.3, 0.4) is 0 Å². The minimum Gasteiger partial charge on any atom is -0.353 e. The molecule has 0 heterocycles. The molecule has 13 heavy (non-hydrogen) atoms. The predicted molar refractivity (Wildman–Crippen MR) is 44.4 cm³/mol. The smallest absolute Gasteiger partial charge is 0.250 e. The van der Waals surface area contributed by atoms with Gasteiger partial charge in [-0.05, 0) is 6.42 Å². The van der Waals surface area contributed by atoms with Gasteiger partial charge in [-0.2, -0.15) is 0 Å². The van der Waals surface area contributed by atoms with E-state index in [4.69, 9.17) is 5.73 Å². The van der Waals surface area contributed by atoms with Gasteiger partial charge in [0.25, 0.3) is 0 Å². The molecule has 1 rings (SSSR count). The molecule has 1 atom stereocenters. The number of hydrogen-bond acceptors (Lipinski definition) is 2. The van der Waals surface area contributed by atoms with Crippen molar-refractivity contribution >= 4 is 5.91 Å². The van der Waals surface area contributed by atoms with Gasteiger partial charge in [0.05, 0.1) is 0 Å². The van der Waals surface area contributed by atoms with Crippen molar-refractivity contribution in [3.05, 3.63) is 0 Å². The third-order valence-corrected chi connectivity index (χ3v) is 2.14. The first-order chi connectivity index (χ1) is 6.03. The Morgan fingerprint density at radius 2 is 2.31 bits per heavy atom. The van der Waals surface area contributed by atoms with Gasteiger partial charge in [-0.15, -0.1) is 0 Å². The Morgan fingerprint density at radius 1 is 1.62 bits per heavy atom. The van der Waals surface area contributed by atoms with Gasteiger partial charge in [-0.25, -0.2) is 8.78 Å². The lowest BCUT2D eigenvalue weighted by Gasteiger charge is -2.12. The molecule has 76 valence electrons. The number of hydrogen-bond donors (Lipinski definition) is 2. The second-order valence-corrected chi connectivity index (χ2v) is 3.40. The van der Waals surface area contributed by atoms with Gasteiger partial charge in [0.2, 0.25) is 11.8 Å². The first-order valence-corrected chi connectivity index (χ1v) is 4.41. The number of carbonyl (C=O) groups is 1. The summed E-state index contributed by atoms with van der Waals surface area (Å²) in [6.45, 7) is 0.259. The Bertz CT molecular complexity index is 197. The number of rotatable bonds is 3. The number of alkyl halides is 2. The van der Waals surface area contributed by atoms with Gasteiger partial charge in [0, 0.05) is 31.8 Å². The molecule has 0 aromatic carbocycles. The minimum atomic E-state index is -2.60. The van der Waals surface area contributed by atoms with Gasteiger partial charge in [-0.1, -0.05) is 0 Å². The molecule has 1 aliphatic rings. The largest absolute Gasteiger partial charge is 0.353 e. The van der Waals surface area contributed by atoms with E-state index >= 15 is 0 Å². The lowest BCUT2D eigenvalue weighted by molar-refractivity contribution is -0.121. The van der Waals surface area contributed by atoms with Crippen LogP contribution in [0.25, 0.3) is 0 Å². The number of nitrogens with two attached hydrogens (primary N) is 1. The van der Waals surface area contributed by atoms with Crippen molar-refractivity contribution in [2.24, 2.45) is 5.73 Å². The molecule has 0 aromatic rings. The maximum absolute atomic E-state index is 12.7. The molecule has 1 saturated carbocycles. The van der Waals surface area contributed by atoms with Gasteiger partial charge in [0.1, 0.15) is 0 Å². The zero-order valence-electron chi connectivity index (χ0n) is 7.35. The normalized spacial score (nSPS) is 25.9. The monoisotopic (exact) mass is 192 g/mol. The molecule has 3 nitrogen and oxygen atoms in total. The Labute approximate surface area is 75.7 Å². The molecule has 0 spiro atoms. The summed E-state index contributed by atoms with van der Waals surface area (Å²) in [6.07, 6.45) is 0.218. The third-order valence-electron chi connectivity index (χ3n) is 2.14. The van der Waals surface area contributed by atoms with E-state index < -0.39 is 5.92 Å². The van der Waals surface area contributed by atoms with E-state index in [0.29, 0.717) is 6.42 Å². The van der Waals surface area contributed by atoms with E-state index in [-0.39, 0.29) is 37.8 Å². The zero-order chi connectivity index (χ0) is 9.90. The molecule has 1 amide bonds. The highest BCUT2D eigenvalue weighted by Crippen LogP contribution is 2.34. The third kappa shape index (κ3) is 3.26. The fraction of sp³-hybridized carbons (Fsp3) is 0.875. The van der Waals surface area contributed by atoms with E-state index in [0.717, 1.165) is 0 Å². The first kappa shape index (κ1) is 10.4. The number of carbonyl (C=O) groups excluding carboxylic acids is 1. The van der Waals surface area contributed by atoms with Crippen LogP contribution in [0, 0.1) is 0 Å². The van der Waals surface area contributed by atoms with Crippen LogP contribution in [0.4, 0.5) is 8.78 Å². The van der Waals surface area contributed by atoms with Gasteiger partial charge in [0.15, 0.2) is 0 Å². The van der Waals surface area contributed by atoms with Crippen molar-refractivity contribution in [2.45, 2.75) is 37.6 Å². The van der Waals surface area contributed by atoms with Crippen LogP contribution in [0.15, 0.2) is 0 Å². The number of amides is 1. The van der Waals surface area contributed by atoms with Gasteiger partial charge in [-0.3, -0.25) is 4.79 Å². The Balaban J connectivity index is 2.28. The quantitative estimate of drug-likeness (QED) is 0.689. The van der Waals surface area contributed by atoms with Crippen LogP contribution in [-0.2, 0) is 4.79 Å². The summed E-state index contributed by atoms with van der Waals surface area (Å²) >= 11 is 0. The minimum absolute atomic E-state index is 0.124. The van der Waals surface area contributed by atoms with Crippen LogP contribution in [0.5, 0.6) is 0 Å². The van der Waals surface area contributed by atoms with Crippen LogP contribution in [0.2, 0.25) is 0 Å². The summed E-state index contributed by atoms with van der Waals surface area (Å²) in [5.41, 5.74) is 5.15. The maximum atomic E-state index is 12.7. The lowest BCUT2D eigenvalue weighted by atomic mass is 10.2. The van der Waals surface area contributed by atoms with E-state index in [1.165, 1.54) is 0 Å². The van der Waals surface area contributed by atoms with Crippen molar-refractivity contribution in [1.29, 1.82) is 0 Å². The molecule has 1 aliphatic carbocycles. The molecule has 0 radical (unpaired) electrons. The van der Waals surface area contributed by atoms with E-state index in [2.05, 4.69) is 5.32 Å². The van der Waals surface area contributed by atoms with Crippen molar-refractivity contribution in [2.75, 3.05) is 6.54 Å². The Hall–Kier alpha value is -0.710. The fourth-order valence-electron chi connectivity index (χ4n) is 1.50. The summed E-state index contributed by atoms with van der Waals surface area (Å²) in [5, 5.41) is 2.54. The van der Waals surface area contributed by atoms with Gasteiger partial charge >= 0.3 is 0 Å². The molecular weight excluding hydrogens is 178 g/mol. The van der Waals surface area contributed by atoms with Crippen LogP contribution in [-0.4, -0.2) is 24.4 Å². The fourth-order valence-corrected chi connectivity index (χ4v) is 1.50. The van der Waals surface area contributed by atoms with Crippen LogP contribution in [0.1, 0.15) is 25.7 Å². The molecule has 3 N–H and O–H groups in total. The van der Waals surface area contributed by atoms with Crippen LogP contribution < -0.4 is 11.1 Å². The molecule has 0 saturated heterocycles. The molecule has 0 aliphatic heterocycles. The summed E-state index contributed by atoms with van der Waals surface area (Å²) in [6, 6.07) is -0.367. The number of nitrogens with one attached hydrogen (secondary N) is 1. The van der Waals surface area contributed by atoms with Gasteiger partial charge < -0.3 is 11.1 Å². The molecule has 1 fully saturated rings. The topological polar surface area (TPSA) is 55.1 Å². The number of halogens is 2. The van der Waals surface area contributed by atoms with Crippen molar-refractivity contribution in [3.8, 4) is 0 Å². The first-order valence-electron chi connectivity index (χ1n) is 4.41. The second-order valence-electron chi connectivity index (χ2n) is 3.40. The average molecular weight is 192 g/mol. The average Bonchev–Trinajstić information content (AvgIpc) is 2.30. The molecule has 5 heteroatoms. The highest BCUT2D eigenvalue weighted by atomic mass is 19.3. The van der Waals surface area contributed by atoms with E-state index in [1.807, 2.05) is 0 Å². The Kier molecular flexibility index (Phi) is 3.19. The maximum Gasteiger partial charge on any atom is 0.250 e. The standard InChI is InChI=1S/C8H14F2N2O/c9-8(10)3-1-6(5-8)12-7(13)2-4-11/h6H,1-5,11H2,(H,12,13). The molecule has 0 bridgehead atoms. The molecule has 0 aromatic heterocycles. The molecular formula is C8H14F2N2O. The summed E-state index contributed by atoms with van der Waals surface area (Å²) < 4.78 is 25.3. The summed E-state index contributed by atoms with van der Waals surface area (Å²) in [5.74, 6) is -2.83. The lowest BCUT2D eigenvalue weighted by Crippen LogP contribution is -2.34. The molecule has 1 unspecified atom stereocenters. The van der Waals surface area contributed by atoms with Crippen molar-refractivity contribution in [3.63, 3.8) is 0 Å². The van der Waals surface area contributed by atoms with Crippen molar-refractivity contribution < 1.29 is 13.6 Å².